The summed E-state index contributed by atoms with van der Waals surface area (Å²) < 4.78 is 3.73. The Bertz CT molecular complexity index is 1020. The Hall–Kier alpha value is -3.21. The number of rotatable bonds is 3. The quantitative estimate of drug-likeness (QED) is 0.541. The highest BCUT2D eigenvalue weighted by atomic mass is 15.4. The van der Waals surface area contributed by atoms with Crippen LogP contribution in [0, 0.1) is 13.8 Å². The second-order valence-electron chi connectivity index (χ2n) is 5.65. The van der Waals surface area contributed by atoms with Gasteiger partial charge in [0.25, 0.3) is 0 Å². The van der Waals surface area contributed by atoms with E-state index in [0.717, 1.165) is 33.7 Å². The van der Waals surface area contributed by atoms with Crippen molar-refractivity contribution in [1.82, 2.24) is 19.4 Å². The van der Waals surface area contributed by atoms with Gasteiger partial charge in [0.15, 0.2) is 0 Å². The zero-order valence-corrected chi connectivity index (χ0v) is 13.6. The highest BCUT2D eigenvalue weighted by Gasteiger charge is 2.11. The molecule has 24 heavy (non-hydrogen) atoms. The van der Waals surface area contributed by atoms with Crippen LogP contribution < -0.4 is 0 Å². The van der Waals surface area contributed by atoms with Gasteiger partial charge in [0.1, 0.15) is 6.33 Å². The lowest BCUT2D eigenvalue weighted by Crippen LogP contribution is -1.99. The van der Waals surface area contributed by atoms with E-state index in [2.05, 4.69) is 22.1 Å². The van der Waals surface area contributed by atoms with E-state index < -0.39 is 0 Å². The molecule has 0 amide bonds. The summed E-state index contributed by atoms with van der Waals surface area (Å²) in [6, 6.07) is 18.1. The number of hydrogen-bond acceptors (Lipinski definition) is 3. The van der Waals surface area contributed by atoms with Crippen molar-refractivity contribution >= 4 is 17.2 Å². The summed E-state index contributed by atoms with van der Waals surface area (Å²) in [5.74, 6) is 0. The van der Waals surface area contributed by atoms with Crippen molar-refractivity contribution < 1.29 is 0 Å². The first-order valence-corrected chi connectivity index (χ1v) is 7.82. The SMILES string of the molecule is Cc1nn(-c2ccccc2)c(C)c1/C=N\n1cnc2ccccc21. The molecule has 0 spiro atoms. The maximum Gasteiger partial charge on any atom is 0.118 e. The largest absolute Gasteiger partial charge is 0.237 e. The number of aryl methyl sites for hydroxylation is 1. The predicted octanol–water partition coefficient (Wildman–Crippen LogP) is 3.72. The van der Waals surface area contributed by atoms with Crippen LogP contribution in [0.3, 0.4) is 0 Å². The van der Waals surface area contributed by atoms with Crippen molar-refractivity contribution in [1.29, 1.82) is 0 Å². The van der Waals surface area contributed by atoms with Crippen LogP contribution in [0.15, 0.2) is 66.0 Å². The molecular formula is C19H17N5. The average Bonchev–Trinajstić information content (AvgIpc) is 3.15. The highest BCUT2D eigenvalue weighted by Crippen LogP contribution is 2.17. The molecule has 0 saturated heterocycles. The molecule has 2 aromatic heterocycles. The minimum Gasteiger partial charge on any atom is -0.237 e. The minimum atomic E-state index is 0.933. The first-order valence-electron chi connectivity index (χ1n) is 7.82. The molecule has 5 nitrogen and oxygen atoms in total. The van der Waals surface area contributed by atoms with Gasteiger partial charge in [0.2, 0.25) is 0 Å². The number of nitrogens with zero attached hydrogens (tertiary/aromatic N) is 5. The zero-order valence-electron chi connectivity index (χ0n) is 13.6. The molecule has 0 aliphatic carbocycles. The molecule has 0 saturated carbocycles. The summed E-state index contributed by atoms with van der Waals surface area (Å²) in [4.78, 5) is 4.36. The molecule has 0 aliphatic heterocycles. The molecule has 0 bridgehead atoms. The third-order valence-electron chi connectivity index (χ3n) is 4.09. The summed E-state index contributed by atoms with van der Waals surface area (Å²) in [6.45, 7) is 4.06. The Morgan fingerprint density at radius 2 is 1.71 bits per heavy atom. The molecule has 2 heterocycles. The van der Waals surface area contributed by atoms with Gasteiger partial charge in [-0.3, -0.25) is 0 Å². The monoisotopic (exact) mass is 315 g/mol. The predicted molar refractivity (Wildman–Crippen MR) is 95.8 cm³/mol. The van der Waals surface area contributed by atoms with E-state index in [-0.39, 0.29) is 0 Å². The molecule has 0 aliphatic rings. The van der Waals surface area contributed by atoms with E-state index in [4.69, 9.17) is 0 Å². The Morgan fingerprint density at radius 1 is 0.958 bits per heavy atom. The summed E-state index contributed by atoms with van der Waals surface area (Å²) in [6.07, 6.45) is 3.58. The fourth-order valence-electron chi connectivity index (χ4n) is 2.82. The Kier molecular flexibility index (Phi) is 3.46. The van der Waals surface area contributed by atoms with Gasteiger partial charge in [0.05, 0.1) is 34.3 Å². The molecule has 118 valence electrons. The van der Waals surface area contributed by atoms with Crippen LogP contribution >= 0.6 is 0 Å². The first-order chi connectivity index (χ1) is 11.7. The maximum atomic E-state index is 4.64. The molecule has 0 unspecified atom stereocenters. The number of hydrogen-bond donors (Lipinski definition) is 0. The molecule has 4 aromatic rings. The maximum absolute atomic E-state index is 4.64. The van der Waals surface area contributed by atoms with Crippen molar-refractivity contribution in [2.75, 3.05) is 0 Å². The van der Waals surface area contributed by atoms with Crippen LogP contribution in [-0.2, 0) is 0 Å². The van der Waals surface area contributed by atoms with Crippen LogP contribution in [0.2, 0.25) is 0 Å². The molecule has 0 N–H and O–H groups in total. The van der Waals surface area contributed by atoms with E-state index in [1.165, 1.54) is 0 Å². The number of benzene rings is 2. The van der Waals surface area contributed by atoms with Gasteiger partial charge in [-0.25, -0.2) is 14.3 Å². The molecule has 2 aromatic carbocycles. The second kappa shape index (κ2) is 5.77. The zero-order chi connectivity index (χ0) is 16.5. The number of fused-ring (bicyclic) bond motifs is 1. The molecule has 0 atom stereocenters. The topological polar surface area (TPSA) is 48.0 Å². The lowest BCUT2D eigenvalue weighted by atomic mass is 10.2. The normalized spacial score (nSPS) is 11.6. The van der Waals surface area contributed by atoms with Crippen molar-refractivity contribution in [3.05, 3.63) is 77.9 Å². The summed E-state index contributed by atoms with van der Waals surface area (Å²) in [5, 5.41) is 9.21. The number of aromatic nitrogens is 4. The summed E-state index contributed by atoms with van der Waals surface area (Å²) >= 11 is 0. The molecule has 4 rings (SSSR count). The molecular weight excluding hydrogens is 298 g/mol. The first kappa shape index (κ1) is 14.4. The lowest BCUT2D eigenvalue weighted by molar-refractivity contribution is 0.833. The third kappa shape index (κ3) is 2.40. The van der Waals surface area contributed by atoms with Crippen molar-refractivity contribution in [3.63, 3.8) is 0 Å². The van der Waals surface area contributed by atoms with Gasteiger partial charge in [-0.1, -0.05) is 30.3 Å². The van der Waals surface area contributed by atoms with Crippen LogP contribution in [0.1, 0.15) is 17.0 Å². The van der Waals surface area contributed by atoms with E-state index >= 15 is 0 Å². The van der Waals surface area contributed by atoms with Gasteiger partial charge in [-0.2, -0.15) is 10.2 Å². The summed E-state index contributed by atoms with van der Waals surface area (Å²) in [5.41, 5.74) is 6.00. The van der Waals surface area contributed by atoms with Crippen molar-refractivity contribution in [2.45, 2.75) is 13.8 Å². The van der Waals surface area contributed by atoms with Gasteiger partial charge < -0.3 is 0 Å². The van der Waals surface area contributed by atoms with Gasteiger partial charge in [-0.05, 0) is 38.1 Å². The van der Waals surface area contributed by atoms with Crippen molar-refractivity contribution in [3.8, 4) is 5.69 Å². The highest BCUT2D eigenvalue weighted by molar-refractivity contribution is 5.83. The third-order valence-corrected chi connectivity index (χ3v) is 4.09. The Labute approximate surface area is 139 Å². The Morgan fingerprint density at radius 3 is 2.54 bits per heavy atom. The van der Waals surface area contributed by atoms with Gasteiger partial charge in [0, 0.05) is 5.56 Å². The van der Waals surface area contributed by atoms with E-state index in [9.17, 15) is 0 Å². The lowest BCUT2D eigenvalue weighted by Gasteiger charge is -2.03. The van der Waals surface area contributed by atoms with Crippen LogP contribution in [-0.4, -0.2) is 25.7 Å². The van der Waals surface area contributed by atoms with Crippen LogP contribution in [0.25, 0.3) is 16.7 Å². The minimum absolute atomic E-state index is 0.933. The van der Waals surface area contributed by atoms with Gasteiger partial charge in [-0.15, -0.1) is 0 Å². The molecule has 5 heteroatoms. The summed E-state index contributed by atoms with van der Waals surface area (Å²) in [7, 11) is 0. The number of imidazole rings is 1. The van der Waals surface area contributed by atoms with E-state index in [1.54, 1.807) is 11.0 Å². The van der Waals surface area contributed by atoms with Crippen LogP contribution in [0.4, 0.5) is 0 Å². The fourth-order valence-corrected chi connectivity index (χ4v) is 2.82. The van der Waals surface area contributed by atoms with Gasteiger partial charge >= 0.3 is 0 Å². The standard InChI is InChI=1S/C19H17N5/c1-14-17(15(2)24(22-14)16-8-4-3-5-9-16)12-21-23-13-20-18-10-6-7-11-19(18)23/h3-13H,1-2H3/b21-12-. The fraction of sp³-hybridized carbons (Fsp3) is 0.105. The molecule has 0 radical (unpaired) electrons. The van der Waals surface area contributed by atoms with Crippen LogP contribution in [0.5, 0.6) is 0 Å². The van der Waals surface area contributed by atoms with E-state index in [0.29, 0.717) is 0 Å². The van der Waals surface area contributed by atoms with Crippen molar-refractivity contribution in [2.24, 2.45) is 5.10 Å². The second-order valence-corrected chi connectivity index (χ2v) is 5.65. The Balaban J connectivity index is 1.74. The molecule has 0 fully saturated rings. The average molecular weight is 315 g/mol. The van der Waals surface area contributed by atoms with E-state index in [1.807, 2.05) is 72.4 Å². The number of para-hydroxylation sites is 3. The smallest absolute Gasteiger partial charge is 0.118 e.